The molecule has 0 aliphatic rings. The molecule has 1 aromatic heterocycles. The van der Waals surface area contributed by atoms with E-state index in [-0.39, 0.29) is 0 Å². The van der Waals surface area contributed by atoms with Crippen LogP contribution in [0.2, 0.25) is 0 Å². The van der Waals surface area contributed by atoms with Gasteiger partial charge in [-0.25, -0.2) is 0 Å². The van der Waals surface area contributed by atoms with Gasteiger partial charge in [0.2, 0.25) is 0 Å². The Morgan fingerprint density at radius 1 is 1.33 bits per heavy atom. The maximum atomic E-state index is 9.32. The molecule has 1 radical (unpaired) electrons. The summed E-state index contributed by atoms with van der Waals surface area (Å²) >= 11 is 1.75. The van der Waals surface area contributed by atoms with Gasteiger partial charge in [0.1, 0.15) is 11.8 Å². The van der Waals surface area contributed by atoms with E-state index in [0.29, 0.717) is 17.9 Å². The van der Waals surface area contributed by atoms with Crippen LogP contribution in [0, 0.1) is 25.2 Å². The number of unbranched alkanes of at least 4 members (excludes halogenated alkanes) is 1. The Bertz CT molecular complexity index is 652. The highest BCUT2D eigenvalue weighted by Gasteiger charge is 2.10. The highest BCUT2D eigenvalue weighted by molar-refractivity contribution is 7.15. The molecule has 0 atom stereocenters. The van der Waals surface area contributed by atoms with Crippen molar-refractivity contribution >= 4 is 11.3 Å². The zero-order valence-corrected chi connectivity index (χ0v) is 13.4. The number of nitrogens with zero attached hydrogens (tertiary/aromatic N) is 1. The molecule has 1 aromatic carbocycles. The number of ether oxygens (including phenoxy) is 1. The molecule has 3 heteroatoms. The van der Waals surface area contributed by atoms with E-state index in [0.717, 1.165) is 24.8 Å². The summed E-state index contributed by atoms with van der Waals surface area (Å²) in [5.74, 6) is 0.681. The van der Waals surface area contributed by atoms with Crippen molar-refractivity contribution in [3.63, 3.8) is 0 Å². The van der Waals surface area contributed by atoms with Crippen molar-refractivity contribution in [2.24, 2.45) is 0 Å². The standard InChI is InChI=1S/C18H20NOS/c1-4-6-9-20-16-8-7-14(11-15(16)12-19)18-10-13(3)17(5-2)21-18/h7-8,10-11H,2,4-6,9H2,1,3H3. The van der Waals surface area contributed by atoms with E-state index < -0.39 is 0 Å². The minimum Gasteiger partial charge on any atom is -0.492 e. The molecule has 0 saturated carbocycles. The lowest BCUT2D eigenvalue weighted by molar-refractivity contribution is 0.308. The van der Waals surface area contributed by atoms with Gasteiger partial charge < -0.3 is 4.74 Å². The molecule has 0 unspecified atom stereocenters. The van der Waals surface area contributed by atoms with Crippen LogP contribution in [-0.2, 0) is 6.42 Å². The number of benzene rings is 1. The number of nitriles is 1. The minimum absolute atomic E-state index is 0.603. The topological polar surface area (TPSA) is 33.0 Å². The van der Waals surface area contributed by atoms with Crippen molar-refractivity contribution in [1.82, 2.24) is 0 Å². The van der Waals surface area contributed by atoms with Crippen LogP contribution < -0.4 is 4.74 Å². The average Bonchev–Trinajstić information content (AvgIpc) is 2.88. The van der Waals surface area contributed by atoms with Crippen molar-refractivity contribution in [3.05, 3.63) is 47.2 Å². The average molecular weight is 298 g/mol. The molecule has 21 heavy (non-hydrogen) atoms. The number of hydrogen-bond donors (Lipinski definition) is 0. The van der Waals surface area contributed by atoms with E-state index >= 15 is 0 Å². The van der Waals surface area contributed by atoms with Crippen molar-refractivity contribution in [1.29, 1.82) is 5.26 Å². The molecular formula is C18H20NOS. The summed E-state index contributed by atoms with van der Waals surface area (Å²) in [6.07, 6.45) is 2.89. The Labute approximate surface area is 131 Å². The van der Waals surface area contributed by atoms with Crippen LogP contribution in [0.25, 0.3) is 10.4 Å². The number of thiophene rings is 1. The van der Waals surface area contributed by atoms with Gasteiger partial charge in [0, 0.05) is 9.75 Å². The number of hydrogen-bond acceptors (Lipinski definition) is 3. The van der Waals surface area contributed by atoms with Crippen LogP contribution in [0.1, 0.15) is 35.8 Å². The molecule has 0 fully saturated rings. The summed E-state index contributed by atoms with van der Waals surface area (Å²) in [4.78, 5) is 2.48. The normalized spacial score (nSPS) is 10.4. The molecule has 0 N–H and O–H groups in total. The maximum absolute atomic E-state index is 9.32. The van der Waals surface area contributed by atoms with Gasteiger partial charge in [-0.2, -0.15) is 5.26 Å². The van der Waals surface area contributed by atoms with Crippen molar-refractivity contribution in [3.8, 4) is 22.3 Å². The fraction of sp³-hybridized carbons (Fsp3) is 0.333. The fourth-order valence-corrected chi connectivity index (χ4v) is 3.20. The molecular weight excluding hydrogens is 278 g/mol. The highest BCUT2D eigenvalue weighted by atomic mass is 32.1. The van der Waals surface area contributed by atoms with Gasteiger partial charge in [-0.3, -0.25) is 0 Å². The molecule has 2 nitrogen and oxygen atoms in total. The lowest BCUT2D eigenvalue weighted by atomic mass is 10.1. The Kier molecular flexibility index (Phi) is 5.41. The third kappa shape index (κ3) is 3.65. The summed E-state index contributed by atoms with van der Waals surface area (Å²) in [6, 6.07) is 10.3. The van der Waals surface area contributed by atoms with Gasteiger partial charge in [0.25, 0.3) is 0 Å². The summed E-state index contributed by atoms with van der Waals surface area (Å²) < 4.78 is 5.68. The van der Waals surface area contributed by atoms with Gasteiger partial charge in [0.05, 0.1) is 12.2 Å². The molecule has 0 aliphatic carbocycles. The molecule has 0 spiro atoms. The molecule has 2 aromatic rings. The van der Waals surface area contributed by atoms with E-state index in [2.05, 4.69) is 32.9 Å². The third-order valence-corrected chi connectivity index (χ3v) is 4.73. The van der Waals surface area contributed by atoms with Crippen LogP contribution in [0.3, 0.4) is 0 Å². The van der Waals surface area contributed by atoms with E-state index in [1.165, 1.54) is 15.3 Å². The molecule has 0 amide bonds. The Hall–Kier alpha value is -1.79. The maximum Gasteiger partial charge on any atom is 0.137 e. The molecule has 2 rings (SSSR count). The second-order valence-electron chi connectivity index (χ2n) is 4.99. The number of aryl methyl sites for hydroxylation is 1. The first-order chi connectivity index (χ1) is 10.2. The van der Waals surface area contributed by atoms with Gasteiger partial charge in [-0.15, -0.1) is 11.3 Å². The minimum atomic E-state index is 0.603. The molecule has 109 valence electrons. The van der Waals surface area contributed by atoms with Crippen molar-refractivity contribution in [2.75, 3.05) is 6.61 Å². The molecule has 0 bridgehead atoms. The summed E-state index contributed by atoms with van der Waals surface area (Å²) in [5.41, 5.74) is 2.94. The van der Waals surface area contributed by atoms with Crippen molar-refractivity contribution < 1.29 is 4.74 Å². The van der Waals surface area contributed by atoms with Crippen LogP contribution >= 0.6 is 11.3 Å². The smallest absolute Gasteiger partial charge is 0.137 e. The third-order valence-electron chi connectivity index (χ3n) is 3.39. The Morgan fingerprint density at radius 2 is 2.14 bits per heavy atom. The van der Waals surface area contributed by atoms with E-state index in [1.807, 2.05) is 18.2 Å². The van der Waals surface area contributed by atoms with Crippen molar-refractivity contribution in [2.45, 2.75) is 33.1 Å². The lowest BCUT2D eigenvalue weighted by Gasteiger charge is -2.08. The second-order valence-corrected chi connectivity index (χ2v) is 6.13. The largest absolute Gasteiger partial charge is 0.492 e. The van der Waals surface area contributed by atoms with E-state index in [1.54, 1.807) is 11.3 Å². The van der Waals surface area contributed by atoms with Gasteiger partial charge >= 0.3 is 0 Å². The second kappa shape index (κ2) is 7.28. The molecule has 0 saturated heterocycles. The monoisotopic (exact) mass is 298 g/mol. The predicted octanol–water partition coefficient (Wildman–Crippen LogP) is 5.15. The highest BCUT2D eigenvalue weighted by Crippen LogP contribution is 2.33. The summed E-state index contributed by atoms with van der Waals surface area (Å²) in [7, 11) is 0. The molecule has 1 heterocycles. The zero-order chi connectivity index (χ0) is 15.2. The quantitative estimate of drug-likeness (QED) is 0.691. The van der Waals surface area contributed by atoms with Crippen LogP contribution in [0.5, 0.6) is 5.75 Å². The van der Waals surface area contributed by atoms with Gasteiger partial charge in [-0.05, 0) is 62.1 Å². The van der Waals surface area contributed by atoms with Crippen LogP contribution in [0.15, 0.2) is 24.3 Å². The lowest BCUT2D eigenvalue weighted by Crippen LogP contribution is -1.98. The van der Waals surface area contributed by atoms with Gasteiger partial charge in [-0.1, -0.05) is 13.3 Å². The fourth-order valence-electron chi connectivity index (χ4n) is 2.13. The predicted molar refractivity (Wildman–Crippen MR) is 88.7 cm³/mol. The number of rotatable bonds is 6. The van der Waals surface area contributed by atoms with Crippen LogP contribution in [-0.4, -0.2) is 6.61 Å². The zero-order valence-electron chi connectivity index (χ0n) is 12.6. The Balaban J connectivity index is 2.27. The van der Waals surface area contributed by atoms with E-state index in [4.69, 9.17) is 4.74 Å². The summed E-state index contributed by atoms with van der Waals surface area (Å²) in [5, 5.41) is 9.32. The van der Waals surface area contributed by atoms with Crippen LogP contribution in [0.4, 0.5) is 0 Å². The molecule has 0 aliphatic heterocycles. The first-order valence-corrected chi connectivity index (χ1v) is 8.07. The Morgan fingerprint density at radius 3 is 2.76 bits per heavy atom. The van der Waals surface area contributed by atoms with Gasteiger partial charge in [0.15, 0.2) is 0 Å². The first kappa shape index (κ1) is 15.6. The summed E-state index contributed by atoms with van der Waals surface area (Å²) in [6.45, 7) is 8.84. The van der Waals surface area contributed by atoms with E-state index in [9.17, 15) is 5.26 Å². The SMILES string of the molecule is [CH2]Cc1sc(-c2ccc(OCCCC)c(C#N)c2)cc1C. The first-order valence-electron chi connectivity index (χ1n) is 7.25.